The van der Waals surface area contributed by atoms with Crippen LogP contribution < -0.4 is 15.4 Å². The lowest BCUT2D eigenvalue weighted by Crippen LogP contribution is -2.41. The zero-order valence-electron chi connectivity index (χ0n) is 15.5. The number of nitrogens with zero attached hydrogens (tertiary/aromatic N) is 2. The summed E-state index contributed by atoms with van der Waals surface area (Å²) in [6, 6.07) is 7.48. The summed E-state index contributed by atoms with van der Waals surface area (Å²) < 4.78 is 5.87. The molecule has 0 bridgehead atoms. The Bertz CT molecular complexity index is 703. The van der Waals surface area contributed by atoms with E-state index in [4.69, 9.17) is 16.3 Å². The summed E-state index contributed by atoms with van der Waals surface area (Å²) in [6.45, 7) is 10.1. The predicted octanol–water partition coefficient (Wildman–Crippen LogP) is 4.55. The van der Waals surface area contributed by atoms with Crippen LogP contribution in [0.3, 0.4) is 0 Å². The highest BCUT2D eigenvalue weighted by molar-refractivity contribution is 14.0. The lowest BCUT2D eigenvalue weighted by atomic mass is 10.3. The van der Waals surface area contributed by atoms with Crippen LogP contribution >= 0.6 is 46.9 Å². The molecule has 8 heteroatoms. The highest BCUT2D eigenvalue weighted by atomic mass is 127. The minimum absolute atomic E-state index is 0. The maximum Gasteiger partial charge on any atom is 0.191 e. The number of halogens is 2. The number of hydrogen-bond donors (Lipinski definition) is 2. The molecule has 1 unspecified atom stereocenters. The molecule has 144 valence electrons. The molecular weight excluding hydrogens is 483 g/mol. The monoisotopic (exact) mass is 508 g/mol. The van der Waals surface area contributed by atoms with Gasteiger partial charge in [0, 0.05) is 11.4 Å². The lowest BCUT2D eigenvalue weighted by molar-refractivity contribution is 0.224. The summed E-state index contributed by atoms with van der Waals surface area (Å²) in [7, 11) is 0. The number of aryl methyl sites for hydroxylation is 2. The Kier molecular flexibility index (Phi) is 10.3. The second-order valence-electron chi connectivity index (χ2n) is 5.68. The highest BCUT2D eigenvalue weighted by Gasteiger charge is 2.09. The molecule has 1 aromatic heterocycles. The average molecular weight is 509 g/mol. The Balaban J connectivity index is 0.00000338. The largest absolute Gasteiger partial charge is 0.487 e. The lowest BCUT2D eigenvalue weighted by Gasteiger charge is -2.18. The van der Waals surface area contributed by atoms with Crippen molar-refractivity contribution in [2.45, 2.75) is 40.3 Å². The fourth-order valence-corrected chi connectivity index (χ4v) is 3.17. The summed E-state index contributed by atoms with van der Waals surface area (Å²) in [4.78, 5) is 10.4. The molecule has 0 radical (unpaired) electrons. The van der Waals surface area contributed by atoms with E-state index in [-0.39, 0.29) is 30.1 Å². The first-order chi connectivity index (χ1) is 12.0. The van der Waals surface area contributed by atoms with E-state index in [1.807, 2.05) is 45.0 Å². The summed E-state index contributed by atoms with van der Waals surface area (Å²) in [5.74, 6) is 1.44. The van der Waals surface area contributed by atoms with E-state index in [9.17, 15) is 0 Å². The average Bonchev–Trinajstić information content (AvgIpc) is 2.90. The van der Waals surface area contributed by atoms with Crippen LogP contribution in [0.5, 0.6) is 5.75 Å². The number of nitrogens with one attached hydrogen (secondary N) is 2. The van der Waals surface area contributed by atoms with Crippen molar-refractivity contribution < 1.29 is 4.74 Å². The molecule has 2 aromatic rings. The van der Waals surface area contributed by atoms with Gasteiger partial charge in [0.1, 0.15) is 16.9 Å². The quantitative estimate of drug-likeness (QED) is 0.327. The molecule has 0 saturated carbocycles. The van der Waals surface area contributed by atoms with Crippen LogP contribution in [0.2, 0.25) is 5.02 Å². The molecule has 0 amide bonds. The molecular formula is C18H26ClIN4OS. The summed E-state index contributed by atoms with van der Waals surface area (Å²) >= 11 is 7.81. The Morgan fingerprint density at radius 3 is 2.65 bits per heavy atom. The van der Waals surface area contributed by atoms with Crippen molar-refractivity contribution in [2.75, 3.05) is 13.1 Å². The Morgan fingerprint density at radius 1 is 1.31 bits per heavy atom. The van der Waals surface area contributed by atoms with Crippen LogP contribution in [0, 0.1) is 13.8 Å². The Morgan fingerprint density at radius 2 is 2.04 bits per heavy atom. The van der Waals surface area contributed by atoms with Crippen molar-refractivity contribution in [3.8, 4) is 5.75 Å². The standard InChI is InChI=1S/C18H25ClN4OS.HI/c1-5-20-18(22-11-17-23-13(3)14(4)25-17)21-10-12(2)24-16-9-7-6-8-15(16)19;/h6-9,12H,5,10-11H2,1-4H3,(H2,20,21,22);1H. The third kappa shape index (κ3) is 7.28. The molecule has 2 rings (SSSR count). The van der Waals surface area contributed by atoms with E-state index >= 15 is 0 Å². The minimum atomic E-state index is -0.0480. The first-order valence-corrected chi connectivity index (χ1v) is 9.55. The summed E-state index contributed by atoms with van der Waals surface area (Å²) in [5, 5.41) is 8.17. The molecule has 0 spiro atoms. The number of aliphatic imine (C=N–C) groups is 1. The van der Waals surface area contributed by atoms with Crippen molar-refractivity contribution in [3.63, 3.8) is 0 Å². The molecule has 0 saturated heterocycles. The van der Waals surface area contributed by atoms with Gasteiger partial charge in [-0.05, 0) is 39.8 Å². The van der Waals surface area contributed by atoms with Crippen LogP contribution in [0.1, 0.15) is 29.4 Å². The minimum Gasteiger partial charge on any atom is -0.487 e. The number of para-hydroxylation sites is 1. The first-order valence-electron chi connectivity index (χ1n) is 8.35. The van der Waals surface area contributed by atoms with Gasteiger partial charge < -0.3 is 15.4 Å². The third-order valence-corrected chi connectivity index (χ3v) is 4.88. The molecule has 1 heterocycles. The number of hydrogen-bond acceptors (Lipinski definition) is 4. The third-order valence-electron chi connectivity index (χ3n) is 3.51. The Labute approximate surface area is 181 Å². The fourth-order valence-electron chi connectivity index (χ4n) is 2.13. The maximum absolute atomic E-state index is 6.13. The zero-order valence-corrected chi connectivity index (χ0v) is 19.4. The number of thiazole rings is 1. The second kappa shape index (κ2) is 11.6. The molecule has 5 nitrogen and oxygen atoms in total. The maximum atomic E-state index is 6.13. The van der Waals surface area contributed by atoms with Crippen LogP contribution in [-0.4, -0.2) is 30.1 Å². The number of guanidine groups is 1. The van der Waals surface area contributed by atoms with Crippen LogP contribution in [0.25, 0.3) is 0 Å². The highest BCUT2D eigenvalue weighted by Crippen LogP contribution is 2.24. The van der Waals surface area contributed by atoms with Gasteiger partial charge in [-0.15, -0.1) is 35.3 Å². The first kappa shape index (κ1) is 23.0. The van der Waals surface area contributed by atoms with Gasteiger partial charge in [-0.1, -0.05) is 23.7 Å². The van der Waals surface area contributed by atoms with Gasteiger partial charge in [-0.3, -0.25) is 0 Å². The van der Waals surface area contributed by atoms with Gasteiger partial charge in [0.25, 0.3) is 0 Å². The molecule has 1 aromatic carbocycles. The van der Waals surface area contributed by atoms with Crippen LogP contribution in [-0.2, 0) is 6.54 Å². The second-order valence-corrected chi connectivity index (χ2v) is 7.38. The summed E-state index contributed by atoms with van der Waals surface area (Å²) in [5.41, 5.74) is 1.08. The van der Waals surface area contributed by atoms with E-state index in [0.717, 1.165) is 23.2 Å². The van der Waals surface area contributed by atoms with Gasteiger partial charge in [-0.2, -0.15) is 0 Å². The molecule has 0 aliphatic carbocycles. The smallest absolute Gasteiger partial charge is 0.191 e. The van der Waals surface area contributed by atoms with Crippen LogP contribution in [0.4, 0.5) is 0 Å². The number of rotatable bonds is 7. The van der Waals surface area contributed by atoms with E-state index in [1.54, 1.807) is 11.3 Å². The van der Waals surface area contributed by atoms with Crippen molar-refractivity contribution in [1.29, 1.82) is 0 Å². The van der Waals surface area contributed by atoms with E-state index in [1.165, 1.54) is 4.88 Å². The van der Waals surface area contributed by atoms with Crippen molar-refractivity contribution in [2.24, 2.45) is 4.99 Å². The van der Waals surface area contributed by atoms with Crippen LogP contribution in [0.15, 0.2) is 29.3 Å². The zero-order chi connectivity index (χ0) is 18.2. The number of aromatic nitrogens is 1. The van der Waals surface area contributed by atoms with Gasteiger partial charge in [0.2, 0.25) is 0 Å². The predicted molar refractivity (Wildman–Crippen MR) is 121 cm³/mol. The Hall–Kier alpha value is -1.06. The van der Waals surface area contributed by atoms with Gasteiger partial charge >= 0.3 is 0 Å². The normalized spacial score (nSPS) is 12.3. The molecule has 0 aliphatic rings. The van der Waals surface area contributed by atoms with Gasteiger partial charge in [0.05, 0.1) is 23.8 Å². The fraction of sp³-hybridized carbons (Fsp3) is 0.444. The number of benzene rings is 1. The van der Waals surface area contributed by atoms with Gasteiger partial charge in [-0.25, -0.2) is 9.98 Å². The SMILES string of the molecule is CCNC(=NCc1nc(C)c(C)s1)NCC(C)Oc1ccccc1Cl.I. The molecule has 26 heavy (non-hydrogen) atoms. The van der Waals surface area contributed by atoms with Crippen molar-refractivity contribution in [1.82, 2.24) is 15.6 Å². The van der Waals surface area contributed by atoms with Crippen molar-refractivity contribution in [3.05, 3.63) is 44.9 Å². The van der Waals surface area contributed by atoms with Crippen molar-refractivity contribution >= 4 is 52.9 Å². The van der Waals surface area contributed by atoms with E-state index in [2.05, 4.69) is 27.5 Å². The summed E-state index contributed by atoms with van der Waals surface area (Å²) in [6.07, 6.45) is -0.0480. The molecule has 0 aliphatic heterocycles. The van der Waals surface area contributed by atoms with Gasteiger partial charge in [0.15, 0.2) is 5.96 Å². The van der Waals surface area contributed by atoms with E-state index < -0.39 is 0 Å². The molecule has 0 fully saturated rings. The molecule has 1 atom stereocenters. The van der Waals surface area contributed by atoms with E-state index in [0.29, 0.717) is 23.9 Å². The molecule has 2 N–H and O–H groups in total. The number of ether oxygens (including phenoxy) is 1. The topological polar surface area (TPSA) is 58.5 Å².